The fourth-order valence-corrected chi connectivity index (χ4v) is 4.19. The van der Waals surface area contributed by atoms with Crippen LogP contribution in [0.3, 0.4) is 0 Å². The lowest BCUT2D eigenvalue weighted by molar-refractivity contribution is 0.405. The largest absolute Gasteiger partial charge is 0.317 e. The molecule has 1 aromatic heterocycles. The molecule has 1 aromatic carbocycles. The Morgan fingerprint density at radius 3 is 2.48 bits per heavy atom. The molecule has 0 aliphatic carbocycles. The van der Waals surface area contributed by atoms with Crippen molar-refractivity contribution < 1.29 is 4.21 Å². The molecule has 3 rings (SSSR count). The van der Waals surface area contributed by atoms with Crippen molar-refractivity contribution in [1.29, 1.82) is 0 Å². The van der Waals surface area contributed by atoms with Crippen LogP contribution >= 0.6 is 24.0 Å². The number of aromatic nitrogens is 2. The number of hydrogen-bond acceptors (Lipinski definition) is 4. The van der Waals surface area contributed by atoms with Crippen LogP contribution in [0, 0.1) is 5.92 Å². The molecule has 2 heterocycles. The van der Waals surface area contributed by atoms with Gasteiger partial charge in [0.2, 0.25) is 0 Å². The summed E-state index contributed by atoms with van der Waals surface area (Å²) in [6, 6.07) is 7.50. The number of piperidine rings is 1. The monoisotopic (exact) mass is 345 g/mol. The zero-order valence-electron chi connectivity index (χ0n) is 11.4. The van der Waals surface area contributed by atoms with Crippen LogP contribution in [0.5, 0.6) is 0 Å². The van der Waals surface area contributed by atoms with Crippen LogP contribution in [0.2, 0.25) is 5.15 Å². The number of rotatable bonds is 3. The number of fused-ring (bicyclic) bond motifs is 1. The fourth-order valence-electron chi connectivity index (χ4n) is 2.45. The zero-order valence-corrected chi connectivity index (χ0v) is 13.8. The van der Waals surface area contributed by atoms with E-state index in [2.05, 4.69) is 15.3 Å². The van der Waals surface area contributed by atoms with Gasteiger partial charge in [-0.05, 0) is 44.0 Å². The van der Waals surface area contributed by atoms with Gasteiger partial charge < -0.3 is 5.32 Å². The zero-order chi connectivity index (χ0) is 13.9. The second kappa shape index (κ2) is 7.49. The Balaban J connectivity index is 0.00000161. The molecule has 1 unspecified atom stereocenters. The summed E-state index contributed by atoms with van der Waals surface area (Å²) in [5.74, 6) is 1.09. The van der Waals surface area contributed by atoms with Crippen LogP contribution < -0.4 is 5.32 Å². The molecule has 1 atom stereocenters. The maximum atomic E-state index is 12.5. The summed E-state index contributed by atoms with van der Waals surface area (Å²) in [5, 5.41) is 3.99. The summed E-state index contributed by atoms with van der Waals surface area (Å²) in [6.45, 7) is 2.00. The average Bonchev–Trinajstić information content (AvgIpc) is 2.47. The van der Waals surface area contributed by atoms with Crippen molar-refractivity contribution >= 4 is 45.8 Å². The van der Waals surface area contributed by atoms with Crippen LogP contribution in [0.15, 0.2) is 29.3 Å². The van der Waals surface area contributed by atoms with Gasteiger partial charge in [0.1, 0.15) is 0 Å². The SMILES string of the molecule is Cl.O=S(CC1CCNCC1)c1nc2ccccc2nc1Cl. The van der Waals surface area contributed by atoms with E-state index in [0.29, 0.717) is 16.7 Å². The molecule has 1 aliphatic heterocycles. The van der Waals surface area contributed by atoms with Crippen LogP contribution in [-0.4, -0.2) is 33.0 Å². The fraction of sp³-hybridized carbons (Fsp3) is 0.429. The Morgan fingerprint density at radius 2 is 1.81 bits per heavy atom. The number of para-hydroxylation sites is 2. The molecule has 0 amide bonds. The molecule has 1 fully saturated rings. The summed E-state index contributed by atoms with van der Waals surface area (Å²) in [4.78, 5) is 8.72. The summed E-state index contributed by atoms with van der Waals surface area (Å²) in [7, 11) is -1.18. The van der Waals surface area contributed by atoms with E-state index in [1.54, 1.807) is 0 Å². The van der Waals surface area contributed by atoms with Crippen molar-refractivity contribution in [2.24, 2.45) is 5.92 Å². The molecule has 2 aromatic rings. The summed E-state index contributed by atoms with van der Waals surface area (Å²) >= 11 is 6.14. The van der Waals surface area contributed by atoms with Gasteiger partial charge in [0.15, 0.2) is 10.2 Å². The topological polar surface area (TPSA) is 54.9 Å². The first-order valence-corrected chi connectivity index (χ1v) is 8.45. The predicted molar refractivity (Wildman–Crippen MR) is 88.7 cm³/mol. The second-order valence-electron chi connectivity index (χ2n) is 5.01. The molecular formula is C14H17Cl2N3OS. The number of nitrogens with one attached hydrogen (secondary N) is 1. The van der Waals surface area contributed by atoms with E-state index in [0.717, 1.165) is 37.0 Å². The van der Waals surface area contributed by atoms with Crippen molar-refractivity contribution in [1.82, 2.24) is 15.3 Å². The van der Waals surface area contributed by atoms with Gasteiger partial charge in [-0.3, -0.25) is 4.21 Å². The molecule has 114 valence electrons. The second-order valence-corrected chi connectivity index (χ2v) is 6.78. The first-order chi connectivity index (χ1) is 9.74. The minimum absolute atomic E-state index is 0. The highest BCUT2D eigenvalue weighted by atomic mass is 35.5. The molecule has 7 heteroatoms. The molecule has 4 nitrogen and oxygen atoms in total. The Labute approximate surface area is 137 Å². The minimum atomic E-state index is -1.18. The molecule has 21 heavy (non-hydrogen) atoms. The Kier molecular flexibility index (Phi) is 5.93. The lowest BCUT2D eigenvalue weighted by Gasteiger charge is -2.21. The van der Waals surface area contributed by atoms with Crippen LogP contribution in [0.4, 0.5) is 0 Å². The first kappa shape index (κ1) is 16.6. The molecule has 1 saturated heterocycles. The normalized spacial score (nSPS) is 17.4. The summed E-state index contributed by atoms with van der Waals surface area (Å²) < 4.78 is 12.5. The van der Waals surface area contributed by atoms with E-state index in [1.807, 2.05) is 24.3 Å². The third-order valence-electron chi connectivity index (χ3n) is 3.56. The molecular weight excluding hydrogens is 329 g/mol. The third-order valence-corrected chi connectivity index (χ3v) is 5.43. The van der Waals surface area contributed by atoms with Gasteiger partial charge in [-0.1, -0.05) is 23.7 Å². The molecule has 1 N–H and O–H groups in total. The van der Waals surface area contributed by atoms with Crippen molar-refractivity contribution in [2.75, 3.05) is 18.8 Å². The predicted octanol–water partition coefficient (Wildman–Crippen LogP) is 2.81. The molecule has 1 aliphatic rings. The first-order valence-electron chi connectivity index (χ1n) is 6.75. The molecule has 0 saturated carbocycles. The molecule has 0 spiro atoms. The van der Waals surface area contributed by atoms with Crippen LogP contribution in [0.1, 0.15) is 12.8 Å². The Hall–Kier alpha value is -0.750. The quantitative estimate of drug-likeness (QED) is 0.929. The maximum absolute atomic E-state index is 12.5. The smallest absolute Gasteiger partial charge is 0.165 e. The number of nitrogens with zero attached hydrogens (tertiary/aromatic N) is 2. The van der Waals surface area contributed by atoms with Gasteiger partial charge in [-0.2, -0.15) is 0 Å². The van der Waals surface area contributed by atoms with E-state index in [-0.39, 0.29) is 17.6 Å². The number of hydrogen-bond donors (Lipinski definition) is 1. The maximum Gasteiger partial charge on any atom is 0.165 e. The van der Waals surface area contributed by atoms with Crippen molar-refractivity contribution in [3.05, 3.63) is 29.4 Å². The highest BCUT2D eigenvalue weighted by Crippen LogP contribution is 2.22. The van der Waals surface area contributed by atoms with Crippen molar-refractivity contribution in [2.45, 2.75) is 17.9 Å². The molecule has 0 radical (unpaired) electrons. The van der Waals surface area contributed by atoms with E-state index in [1.165, 1.54) is 0 Å². The number of benzene rings is 1. The van der Waals surface area contributed by atoms with Gasteiger partial charge in [-0.25, -0.2) is 9.97 Å². The van der Waals surface area contributed by atoms with Gasteiger partial charge in [0.05, 0.1) is 21.8 Å². The average molecular weight is 346 g/mol. The van der Waals surface area contributed by atoms with E-state index < -0.39 is 10.8 Å². The highest BCUT2D eigenvalue weighted by molar-refractivity contribution is 7.85. The summed E-state index contributed by atoms with van der Waals surface area (Å²) in [6.07, 6.45) is 2.12. The Morgan fingerprint density at radius 1 is 1.19 bits per heavy atom. The van der Waals surface area contributed by atoms with Crippen molar-refractivity contribution in [3.8, 4) is 0 Å². The Bertz CT molecular complexity index is 647. The minimum Gasteiger partial charge on any atom is -0.317 e. The molecule has 0 bridgehead atoms. The lowest BCUT2D eigenvalue weighted by Crippen LogP contribution is -2.30. The number of halogens is 2. The van der Waals surface area contributed by atoms with E-state index in [4.69, 9.17) is 11.6 Å². The highest BCUT2D eigenvalue weighted by Gasteiger charge is 2.20. The van der Waals surface area contributed by atoms with Gasteiger partial charge >= 0.3 is 0 Å². The van der Waals surface area contributed by atoms with Crippen LogP contribution in [-0.2, 0) is 10.8 Å². The van der Waals surface area contributed by atoms with E-state index >= 15 is 0 Å². The van der Waals surface area contributed by atoms with Gasteiger partial charge in [0.25, 0.3) is 0 Å². The lowest BCUT2D eigenvalue weighted by atomic mass is 10.0. The standard InChI is InChI=1S/C14H16ClN3OS.ClH/c15-13-14(18-12-4-2-1-3-11(12)17-13)20(19)9-10-5-7-16-8-6-10;/h1-4,10,16H,5-9H2;1H. The van der Waals surface area contributed by atoms with E-state index in [9.17, 15) is 4.21 Å². The van der Waals surface area contributed by atoms with Gasteiger partial charge in [-0.15, -0.1) is 12.4 Å². The van der Waals surface area contributed by atoms with Gasteiger partial charge in [0, 0.05) is 5.75 Å². The van der Waals surface area contributed by atoms with Crippen LogP contribution in [0.25, 0.3) is 11.0 Å². The third kappa shape index (κ3) is 3.92. The van der Waals surface area contributed by atoms with Crippen molar-refractivity contribution in [3.63, 3.8) is 0 Å². The summed E-state index contributed by atoms with van der Waals surface area (Å²) in [5.41, 5.74) is 1.48.